The molecule has 1 saturated heterocycles. The Kier molecular flexibility index (Phi) is 4.98. The van der Waals surface area contributed by atoms with Gasteiger partial charge in [-0.05, 0) is 19.8 Å². The van der Waals surface area contributed by atoms with Gasteiger partial charge < -0.3 is 10.2 Å². The third-order valence-electron chi connectivity index (χ3n) is 2.41. The van der Waals surface area contributed by atoms with Gasteiger partial charge in [0.15, 0.2) is 0 Å². The van der Waals surface area contributed by atoms with E-state index in [2.05, 4.69) is 0 Å². The molecule has 0 aromatic rings. The van der Waals surface area contributed by atoms with Crippen molar-refractivity contribution in [3.05, 3.63) is 0 Å². The molecule has 0 saturated carbocycles. The zero-order chi connectivity index (χ0) is 11.4. The van der Waals surface area contributed by atoms with Crippen LogP contribution < -0.4 is 0 Å². The van der Waals surface area contributed by atoms with Gasteiger partial charge in [0.05, 0.1) is 0 Å². The summed E-state index contributed by atoms with van der Waals surface area (Å²) in [5.41, 5.74) is -1.14. The number of aliphatic hydroxyl groups is 2. The van der Waals surface area contributed by atoms with Crippen LogP contribution in [-0.4, -0.2) is 39.8 Å². The molecule has 0 aromatic heterocycles. The van der Waals surface area contributed by atoms with Gasteiger partial charge in [-0.3, -0.25) is 4.90 Å². The minimum absolute atomic E-state index is 0.365. The molecule has 3 nitrogen and oxygen atoms in total. The van der Waals surface area contributed by atoms with E-state index < -0.39 is 11.6 Å². The molecule has 1 heterocycles. The van der Waals surface area contributed by atoms with Crippen molar-refractivity contribution >= 4 is 0 Å². The smallest absolute Gasteiger partial charge is 0.221 e. The summed E-state index contributed by atoms with van der Waals surface area (Å²) in [6.07, 6.45) is 0.730. The Labute approximate surface area is 85.5 Å². The molecule has 0 aliphatic carbocycles. The summed E-state index contributed by atoms with van der Waals surface area (Å²) in [5.74, 6) is -1.80. The summed E-state index contributed by atoms with van der Waals surface area (Å²) in [5, 5.41) is 18.3. The van der Waals surface area contributed by atoms with Gasteiger partial charge >= 0.3 is 0 Å². The molecule has 86 valence electrons. The number of rotatable bonds is 1. The highest BCUT2D eigenvalue weighted by Gasteiger charge is 2.35. The standard InChI is InChI=1S/C8H16FNO2.C2H6/c1-7(9)3-5-10(6-4-7)8(2,11)12;1-2/h11-12H,3-6H2,1-2H3;1-2H3. The third-order valence-corrected chi connectivity index (χ3v) is 2.41. The van der Waals surface area contributed by atoms with Crippen LogP contribution in [0.3, 0.4) is 0 Å². The van der Waals surface area contributed by atoms with E-state index in [1.54, 1.807) is 6.92 Å². The van der Waals surface area contributed by atoms with E-state index in [9.17, 15) is 14.6 Å². The van der Waals surface area contributed by atoms with Crippen molar-refractivity contribution in [1.82, 2.24) is 4.90 Å². The fraction of sp³-hybridized carbons (Fsp3) is 1.00. The summed E-state index contributed by atoms with van der Waals surface area (Å²) < 4.78 is 13.2. The Bertz CT molecular complexity index is 156. The lowest BCUT2D eigenvalue weighted by molar-refractivity contribution is -0.258. The summed E-state index contributed by atoms with van der Waals surface area (Å²) in [6, 6.07) is 0. The molecule has 0 amide bonds. The van der Waals surface area contributed by atoms with Gasteiger partial charge in [0.2, 0.25) is 5.91 Å². The van der Waals surface area contributed by atoms with Gasteiger partial charge in [-0.2, -0.15) is 0 Å². The lowest BCUT2D eigenvalue weighted by atomic mass is 9.95. The molecule has 14 heavy (non-hydrogen) atoms. The first-order valence-electron chi connectivity index (χ1n) is 5.20. The van der Waals surface area contributed by atoms with E-state index in [1.807, 2.05) is 13.8 Å². The highest BCUT2D eigenvalue weighted by molar-refractivity contribution is 4.83. The maximum Gasteiger partial charge on any atom is 0.221 e. The Morgan fingerprint density at radius 3 is 1.86 bits per heavy atom. The van der Waals surface area contributed by atoms with Crippen molar-refractivity contribution in [2.45, 2.75) is 52.1 Å². The van der Waals surface area contributed by atoms with Gasteiger partial charge in [0, 0.05) is 20.0 Å². The highest BCUT2D eigenvalue weighted by atomic mass is 19.1. The molecule has 4 heteroatoms. The molecule has 0 spiro atoms. The third kappa shape index (κ3) is 4.35. The average Bonchev–Trinajstić information content (AvgIpc) is 2.05. The van der Waals surface area contributed by atoms with Gasteiger partial charge in [-0.15, -0.1) is 0 Å². The normalized spacial score (nSPS) is 22.5. The number of alkyl halides is 1. The van der Waals surface area contributed by atoms with Crippen molar-refractivity contribution < 1.29 is 14.6 Å². The van der Waals surface area contributed by atoms with Crippen molar-refractivity contribution in [1.29, 1.82) is 0 Å². The summed E-state index contributed by atoms with van der Waals surface area (Å²) >= 11 is 0. The zero-order valence-corrected chi connectivity index (χ0v) is 9.55. The van der Waals surface area contributed by atoms with Crippen LogP contribution >= 0.6 is 0 Å². The van der Waals surface area contributed by atoms with E-state index in [-0.39, 0.29) is 0 Å². The second-order valence-electron chi connectivity index (χ2n) is 3.87. The van der Waals surface area contributed by atoms with Crippen molar-refractivity contribution in [2.24, 2.45) is 0 Å². The number of nitrogens with zero attached hydrogens (tertiary/aromatic N) is 1. The second-order valence-corrected chi connectivity index (χ2v) is 3.87. The molecular formula is C10H22FNO2. The van der Waals surface area contributed by atoms with E-state index >= 15 is 0 Å². The topological polar surface area (TPSA) is 43.7 Å². The minimum Gasteiger partial charge on any atom is -0.353 e. The van der Waals surface area contributed by atoms with Gasteiger partial charge in [-0.25, -0.2) is 4.39 Å². The maximum absolute atomic E-state index is 13.2. The molecule has 0 unspecified atom stereocenters. The summed E-state index contributed by atoms with van der Waals surface area (Å²) in [4.78, 5) is 1.47. The number of piperidine rings is 1. The van der Waals surface area contributed by atoms with Crippen LogP contribution in [0.4, 0.5) is 4.39 Å². The SMILES string of the molecule is CC.CC1(F)CCN(C(C)(O)O)CC1. The summed E-state index contributed by atoms with van der Waals surface area (Å²) in [7, 11) is 0. The fourth-order valence-electron chi connectivity index (χ4n) is 1.40. The van der Waals surface area contributed by atoms with Gasteiger partial charge in [-0.1, -0.05) is 13.8 Å². The summed E-state index contributed by atoms with van der Waals surface area (Å²) in [6.45, 7) is 7.65. The average molecular weight is 207 g/mol. The lowest BCUT2D eigenvalue weighted by Crippen LogP contribution is -2.52. The first-order chi connectivity index (χ1) is 6.31. The molecule has 0 atom stereocenters. The van der Waals surface area contributed by atoms with Crippen molar-refractivity contribution in [3.63, 3.8) is 0 Å². The van der Waals surface area contributed by atoms with Crippen LogP contribution in [0, 0.1) is 0 Å². The largest absolute Gasteiger partial charge is 0.353 e. The van der Waals surface area contributed by atoms with Crippen LogP contribution in [0.2, 0.25) is 0 Å². The van der Waals surface area contributed by atoms with E-state index in [0.717, 1.165) is 0 Å². The Hall–Kier alpha value is -0.190. The predicted molar refractivity (Wildman–Crippen MR) is 54.5 cm³/mol. The maximum atomic E-state index is 13.2. The monoisotopic (exact) mass is 207 g/mol. The Balaban J connectivity index is 0.000000791. The predicted octanol–water partition coefficient (Wildman–Crippen LogP) is 1.49. The zero-order valence-electron chi connectivity index (χ0n) is 9.55. The lowest BCUT2D eigenvalue weighted by Gasteiger charge is -2.39. The quantitative estimate of drug-likeness (QED) is 0.640. The molecule has 0 bridgehead atoms. The fourth-order valence-corrected chi connectivity index (χ4v) is 1.40. The molecule has 2 N–H and O–H groups in total. The van der Waals surface area contributed by atoms with E-state index in [4.69, 9.17) is 0 Å². The van der Waals surface area contributed by atoms with Crippen LogP contribution in [0.5, 0.6) is 0 Å². The molecule has 0 aromatic carbocycles. The number of halogens is 1. The number of hydrogen-bond donors (Lipinski definition) is 2. The number of likely N-dealkylation sites (tertiary alicyclic amines) is 1. The minimum atomic E-state index is -1.80. The van der Waals surface area contributed by atoms with E-state index in [0.29, 0.717) is 25.9 Å². The second kappa shape index (κ2) is 5.05. The molecule has 0 radical (unpaired) electrons. The van der Waals surface area contributed by atoms with Crippen LogP contribution in [0.15, 0.2) is 0 Å². The molecule has 1 aliphatic heterocycles. The van der Waals surface area contributed by atoms with Crippen LogP contribution in [-0.2, 0) is 0 Å². The van der Waals surface area contributed by atoms with Gasteiger partial charge in [0.25, 0.3) is 0 Å². The van der Waals surface area contributed by atoms with Crippen molar-refractivity contribution in [2.75, 3.05) is 13.1 Å². The molecule has 1 fully saturated rings. The van der Waals surface area contributed by atoms with Crippen LogP contribution in [0.1, 0.15) is 40.5 Å². The molecular weight excluding hydrogens is 185 g/mol. The van der Waals surface area contributed by atoms with Gasteiger partial charge in [0.1, 0.15) is 5.67 Å². The highest BCUT2D eigenvalue weighted by Crippen LogP contribution is 2.27. The Morgan fingerprint density at radius 2 is 1.57 bits per heavy atom. The van der Waals surface area contributed by atoms with Crippen molar-refractivity contribution in [3.8, 4) is 0 Å². The molecule has 1 rings (SSSR count). The Morgan fingerprint density at radius 1 is 1.21 bits per heavy atom. The first kappa shape index (κ1) is 13.8. The molecule has 1 aliphatic rings. The van der Waals surface area contributed by atoms with E-state index in [1.165, 1.54) is 11.8 Å². The first-order valence-corrected chi connectivity index (χ1v) is 5.20. The van der Waals surface area contributed by atoms with Crippen LogP contribution in [0.25, 0.3) is 0 Å². The number of hydrogen-bond acceptors (Lipinski definition) is 3.